The Kier molecular flexibility index (Phi) is 4.74. The van der Waals surface area contributed by atoms with Crippen molar-refractivity contribution in [2.45, 2.75) is 55.1 Å². The number of likely N-dealkylation sites (tertiary alicyclic amines) is 1. The van der Waals surface area contributed by atoms with Gasteiger partial charge in [0.2, 0.25) is 5.91 Å². The molecule has 1 N–H and O–H groups in total. The molecule has 3 heterocycles. The molecular formula is C22H25ClN2O3S. The van der Waals surface area contributed by atoms with E-state index in [1.54, 1.807) is 6.20 Å². The minimum absolute atomic E-state index is 0.231. The number of piperidine rings is 1. The van der Waals surface area contributed by atoms with Crippen LogP contribution in [0.4, 0.5) is 0 Å². The maximum absolute atomic E-state index is 13.5. The third kappa shape index (κ3) is 3.21. The summed E-state index contributed by atoms with van der Waals surface area (Å²) >= 11 is 7.52. The lowest BCUT2D eigenvalue weighted by Crippen LogP contribution is -2.55. The fourth-order valence-electron chi connectivity index (χ4n) is 5.16. The zero-order valence-electron chi connectivity index (χ0n) is 16.3. The largest absolute Gasteiger partial charge is 0.380 e. The Morgan fingerprint density at radius 1 is 1.17 bits per heavy atom. The number of carbonyl (C=O) groups is 1. The number of amides is 1. The van der Waals surface area contributed by atoms with Crippen molar-refractivity contribution in [1.82, 2.24) is 9.88 Å². The van der Waals surface area contributed by atoms with Crippen LogP contribution in [0.15, 0.2) is 35.8 Å². The molecule has 1 aromatic carbocycles. The van der Waals surface area contributed by atoms with Crippen molar-refractivity contribution >= 4 is 28.8 Å². The maximum atomic E-state index is 13.5. The molecule has 1 amide bonds. The SMILES string of the molecule is O=C(N1CCC2(CC1)C[C@@](O)(c1nccs1)CO2)C1(c2ccc(Cl)cc2)CCC1. The first-order valence-electron chi connectivity index (χ1n) is 10.3. The summed E-state index contributed by atoms with van der Waals surface area (Å²) in [7, 11) is 0. The second-order valence-electron chi connectivity index (χ2n) is 8.75. The van der Waals surface area contributed by atoms with Crippen LogP contribution in [0.2, 0.25) is 5.02 Å². The first kappa shape index (κ1) is 19.5. The highest BCUT2D eigenvalue weighted by atomic mass is 35.5. The van der Waals surface area contributed by atoms with E-state index in [0.717, 1.165) is 42.7 Å². The van der Waals surface area contributed by atoms with E-state index in [1.807, 2.05) is 34.5 Å². The van der Waals surface area contributed by atoms with Crippen LogP contribution >= 0.6 is 22.9 Å². The van der Waals surface area contributed by atoms with Crippen molar-refractivity contribution in [2.24, 2.45) is 0 Å². The smallest absolute Gasteiger partial charge is 0.233 e. The molecule has 2 saturated heterocycles. The molecule has 1 saturated carbocycles. The third-order valence-corrected chi connectivity index (χ3v) is 8.26. The highest BCUT2D eigenvalue weighted by molar-refractivity contribution is 7.09. The number of aromatic nitrogens is 1. The Hall–Kier alpha value is -1.47. The number of benzene rings is 1. The number of hydrogen-bond donors (Lipinski definition) is 1. The summed E-state index contributed by atoms with van der Waals surface area (Å²) in [6.45, 7) is 1.62. The second-order valence-corrected chi connectivity index (χ2v) is 10.1. The average molecular weight is 433 g/mol. The Bertz CT molecular complexity index is 889. The molecule has 29 heavy (non-hydrogen) atoms. The second kappa shape index (κ2) is 7.05. The summed E-state index contributed by atoms with van der Waals surface area (Å²) < 4.78 is 6.14. The number of halogens is 1. The van der Waals surface area contributed by atoms with E-state index in [2.05, 4.69) is 4.98 Å². The normalized spacial score (nSPS) is 27.7. The molecule has 5 nitrogen and oxygen atoms in total. The van der Waals surface area contributed by atoms with Gasteiger partial charge in [-0.25, -0.2) is 4.98 Å². The molecule has 0 unspecified atom stereocenters. The van der Waals surface area contributed by atoms with Crippen molar-refractivity contribution in [3.05, 3.63) is 51.4 Å². The van der Waals surface area contributed by atoms with E-state index in [-0.39, 0.29) is 18.1 Å². The molecule has 2 aliphatic heterocycles. The van der Waals surface area contributed by atoms with E-state index < -0.39 is 11.0 Å². The van der Waals surface area contributed by atoms with Crippen LogP contribution < -0.4 is 0 Å². The summed E-state index contributed by atoms with van der Waals surface area (Å²) in [5, 5.41) is 14.3. The lowest BCUT2D eigenvalue weighted by Gasteiger charge is -2.47. The molecule has 3 aliphatic rings. The van der Waals surface area contributed by atoms with Crippen LogP contribution in [0.3, 0.4) is 0 Å². The molecule has 7 heteroatoms. The fraction of sp³-hybridized carbons (Fsp3) is 0.545. The van der Waals surface area contributed by atoms with Gasteiger partial charge in [0.1, 0.15) is 10.6 Å². The van der Waals surface area contributed by atoms with E-state index in [1.165, 1.54) is 11.3 Å². The quantitative estimate of drug-likeness (QED) is 0.799. The van der Waals surface area contributed by atoms with Gasteiger partial charge in [-0.1, -0.05) is 30.2 Å². The summed E-state index contributed by atoms with van der Waals surface area (Å²) in [4.78, 5) is 19.8. The van der Waals surface area contributed by atoms with Gasteiger partial charge in [-0.05, 0) is 43.4 Å². The van der Waals surface area contributed by atoms with Crippen LogP contribution in [-0.2, 0) is 20.5 Å². The Morgan fingerprint density at radius 3 is 2.48 bits per heavy atom. The predicted octanol–water partition coefficient (Wildman–Crippen LogP) is 3.89. The number of rotatable bonds is 3. The Balaban J connectivity index is 1.28. The molecule has 5 rings (SSSR count). The van der Waals surface area contributed by atoms with Crippen molar-refractivity contribution in [3.8, 4) is 0 Å². The molecule has 1 atom stereocenters. The standard InChI is InChI=1S/C22H25ClN2O3S/c23-17-4-2-16(3-5-17)21(6-1-7-21)19(26)25-11-8-20(9-12-25)14-22(27,15-28-20)18-24-10-13-29-18/h2-5,10,13,27H,1,6-9,11-12,14-15H2/t22-/m0/s1. The maximum Gasteiger partial charge on any atom is 0.233 e. The molecule has 0 bridgehead atoms. The first-order valence-corrected chi connectivity index (χ1v) is 11.5. The number of thiazole rings is 1. The molecule has 3 fully saturated rings. The predicted molar refractivity (Wildman–Crippen MR) is 112 cm³/mol. The summed E-state index contributed by atoms with van der Waals surface area (Å²) in [6.07, 6.45) is 6.66. The Labute approximate surface area is 179 Å². The van der Waals surface area contributed by atoms with E-state index in [0.29, 0.717) is 24.5 Å². The van der Waals surface area contributed by atoms with Crippen LogP contribution in [-0.4, -0.2) is 46.2 Å². The zero-order valence-corrected chi connectivity index (χ0v) is 17.8. The monoisotopic (exact) mass is 432 g/mol. The first-order chi connectivity index (χ1) is 13.9. The van der Waals surface area contributed by atoms with E-state index in [4.69, 9.17) is 16.3 Å². The summed E-state index contributed by atoms with van der Waals surface area (Å²) in [5.41, 5.74) is -0.676. The number of nitrogens with zero attached hydrogens (tertiary/aromatic N) is 2. The molecule has 1 aromatic heterocycles. The van der Waals surface area contributed by atoms with Gasteiger partial charge in [0.05, 0.1) is 17.6 Å². The molecule has 0 radical (unpaired) electrons. The summed E-state index contributed by atoms with van der Waals surface area (Å²) in [6, 6.07) is 7.75. The topological polar surface area (TPSA) is 62.7 Å². The average Bonchev–Trinajstić information content (AvgIpc) is 3.33. The van der Waals surface area contributed by atoms with Gasteiger partial charge < -0.3 is 14.7 Å². The van der Waals surface area contributed by atoms with Gasteiger partial charge >= 0.3 is 0 Å². The van der Waals surface area contributed by atoms with Crippen molar-refractivity contribution in [2.75, 3.05) is 19.7 Å². The van der Waals surface area contributed by atoms with Gasteiger partial charge in [-0.3, -0.25) is 4.79 Å². The zero-order chi connectivity index (χ0) is 20.1. The number of aliphatic hydroxyl groups is 1. The van der Waals surface area contributed by atoms with Crippen molar-refractivity contribution < 1.29 is 14.6 Å². The molecule has 1 aliphatic carbocycles. The van der Waals surface area contributed by atoms with E-state index >= 15 is 0 Å². The minimum atomic E-state index is -1.00. The molecular weight excluding hydrogens is 408 g/mol. The number of ether oxygens (including phenoxy) is 1. The van der Waals surface area contributed by atoms with Crippen molar-refractivity contribution in [1.29, 1.82) is 0 Å². The van der Waals surface area contributed by atoms with Crippen LogP contribution in [0.25, 0.3) is 0 Å². The number of carbonyl (C=O) groups excluding carboxylic acids is 1. The van der Waals surface area contributed by atoms with E-state index in [9.17, 15) is 9.90 Å². The molecule has 154 valence electrons. The lowest BCUT2D eigenvalue weighted by atomic mass is 9.63. The molecule has 2 aromatic rings. The lowest BCUT2D eigenvalue weighted by molar-refractivity contribution is -0.145. The van der Waals surface area contributed by atoms with Crippen LogP contribution in [0.5, 0.6) is 0 Å². The van der Waals surface area contributed by atoms with Crippen LogP contribution in [0, 0.1) is 0 Å². The van der Waals surface area contributed by atoms with Crippen molar-refractivity contribution in [3.63, 3.8) is 0 Å². The van der Waals surface area contributed by atoms with Gasteiger partial charge in [0, 0.05) is 36.1 Å². The number of hydrogen-bond acceptors (Lipinski definition) is 5. The summed E-state index contributed by atoms with van der Waals surface area (Å²) in [5.74, 6) is 0.231. The minimum Gasteiger partial charge on any atom is -0.380 e. The third-order valence-electron chi connectivity index (χ3n) is 7.04. The highest BCUT2D eigenvalue weighted by Gasteiger charge is 2.54. The highest BCUT2D eigenvalue weighted by Crippen LogP contribution is 2.48. The van der Waals surface area contributed by atoms with Gasteiger partial charge in [0.15, 0.2) is 0 Å². The Morgan fingerprint density at radius 2 is 1.90 bits per heavy atom. The van der Waals surface area contributed by atoms with Crippen LogP contribution in [0.1, 0.15) is 49.1 Å². The van der Waals surface area contributed by atoms with Gasteiger partial charge in [-0.2, -0.15) is 0 Å². The van der Waals surface area contributed by atoms with Gasteiger partial charge in [0.25, 0.3) is 0 Å². The molecule has 1 spiro atoms. The van der Waals surface area contributed by atoms with Gasteiger partial charge in [-0.15, -0.1) is 11.3 Å². The fourth-order valence-corrected chi connectivity index (χ4v) is 6.01.